The summed E-state index contributed by atoms with van der Waals surface area (Å²) in [4.78, 5) is 4.09. The first kappa shape index (κ1) is 14.1. The van der Waals surface area contributed by atoms with Crippen LogP contribution in [0.1, 0.15) is 5.69 Å². The summed E-state index contributed by atoms with van der Waals surface area (Å²) in [6.45, 7) is 0.509. The molecule has 8 heteroatoms. The van der Waals surface area contributed by atoms with Crippen molar-refractivity contribution >= 4 is 33.0 Å². The first-order chi connectivity index (χ1) is 8.94. The number of ether oxygens (including phenoxy) is 1. The predicted octanol–water partition coefficient (Wildman–Crippen LogP) is 4.42. The maximum Gasteiger partial charge on any atom is 0.573 e. The van der Waals surface area contributed by atoms with Crippen molar-refractivity contribution in [3.05, 3.63) is 39.3 Å². The summed E-state index contributed by atoms with van der Waals surface area (Å²) < 4.78 is 40.4. The molecule has 1 N–H and O–H groups in total. The monoisotopic (exact) mass is 352 g/mol. The maximum atomic E-state index is 12.1. The van der Waals surface area contributed by atoms with Crippen molar-refractivity contribution in [1.82, 2.24) is 4.98 Å². The Bertz CT molecular complexity index is 545. The molecule has 0 spiro atoms. The number of anilines is 1. The van der Waals surface area contributed by atoms with Crippen molar-refractivity contribution in [2.75, 3.05) is 5.32 Å². The van der Waals surface area contributed by atoms with Crippen LogP contribution in [0.4, 0.5) is 18.9 Å². The van der Waals surface area contributed by atoms with Crippen LogP contribution in [0.2, 0.25) is 0 Å². The van der Waals surface area contributed by atoms with E-state index < -0.39 is 6.36 Å². The molecule has 1 heterocycles. The lowest BCUT2D eigenvalue weighted by Gasteiger charge is -2.12. The fourth-order valence-electron chi connectivity index (χ4n) is 1.34. The van der Waals surface area contributed by atoms with Crippen LogP contribution in [0, 0.1) is 0 Å². The van der Waals surface area contributed by atoms with Crippen LogP contribution in [-0.2, 0) is 6.54 Å². The van der Waals surface area contributed by atoms with Crippen molar-refractivity contribution in [1.29, 1.82) is 0 Å². The van der Waals surface area contributed by atoms with Gasteiger partial charge in [-0.15, -0.1) is 24.5 Å². The summed E-state index contributed by atoms with van der Waals surface area (Å²) in [5.74, 6) is -0.272. The highest BCUT2D eigenvalue weighted by Gasteiger charge is 2.31. The van der Waals surface area contributed by atoms with Crippen molar-refractivity contribution in [3.8, 4) is 5.75 Å². The van der Waals surface area contributed by atoms with Gasteiger partial charge in [0.1, 0.15) is 5.75 Å². The zero-order chi connectivity index (χ0) is 13.9. The van der Waals surface area contributed by atoms with E-state index in [1.165, 1.54) is 29.5 Å². The average molecular weight is 353 g/mol. The van der Waals surface area contributed by atoms with E-state index in [4.69, 9.17) is 0 Å². The second kappa shape index (κ2) is 5.79. The first-order valence-corrected chi connectivity index (χ1v) is 6.84. The number of hydrogen-bond acceptors (Lipinski definition) is 4. The zero-order valence-electron chi connectivity index (χ0n) is 9.37. The Kier molecular flexibility index (Phi) is 4.31. The van der Waals surface area contributed by atoms with Gasteiger partial charge in [0, 0.05) is 11.1 Å². The Morgan fingerprint density at radius 1 is 1.37 bits per heavy atom. The molecule has 1 aromatic carbocycles. The lowest BCUT2D eigenvalue weighted by Crippen LogP contribution is -2.17. The number of halogens is 4. The molecule has 0 amide bonds. The molecule has 0 radical (unpaired) electrons. The van der Waals surface area contributed by atoms with Gasteiger partial charge in [0.25, 0.3) is 0 Å². The van der Waals surface area contributed by atoms with Gasteiger partial charge in [0.05, 0.1) is 22.2 Å². The number of hydrogen-bond donors (Lipinski definition) is 1. The Labute approximate surface area is 119 Å². The van der Waals surface area contributed by atoms with Crippen molar-refractivity contribution in [2.45, 2.75) is 12.9 Å². The summed E-state index contributed by atoms with van der Waals surface area (Å²) in [7, 11) is 0. The van der Waals surface area contributed by atoms with E-state index in [0.717, 1.165) is 5.69 Å². The highest BCUT2D eigenvalue weighted by Crippen LogP contribution is 2.32. The topological polar surface area (TPSA) is 34.1 Å². The highest BCUT2D eigenvalue weighted by atomic mass is 79.9. The Morgan fingerprint density at radius 3 is 2.74 bits per heavy atom. The molecule has 3 nitrogen and oxygen atoms in total. The van der Waals surface area contributed by atoms with E-state index in [-0.39, 0.29) is 10.2 Å². The van der Waals surface area contributed by atoms with Gasteiger partial charge in [-0.1, -0.05) is 0 Å². The lowest BCUT2D eigenvalue weighted by atomic mass is 10.3. The fourth-order valence-corrected chi connectivity index (χ4v) is 2.35. The van der Waals surface area contributed by atoms with Crippen LogP contribution >= 0.6 is 27.3 Å². The van der Waals surface area contributed by atoms with Crippen molar-refractivity contribution in [3.63, 3.8) is 0 Å². The zero-order valence-corrected chi connectivity index (χ0v) is 11.8. The largest absolute Gasteiger partial charge is 0.573 e. The lowest BCUT2D eigenvalue weighted by molar-refractivity contribution is -0.274. The molecule has 2 aromatic rings. The summed E-state index contributed by atoms with van der Waals surface area (Å²) >= 11 is 4.52. The van der Waals surface area contributed by atoms with E-state index >= 15 is 0 Å². The van der Waals surface area contributed by atoms with Gasteiger partial charge in [-0.3, -0.25) is 0 Å². The molecule has 19 heavy (non-hydrogen) atoms. The summed E-state index contributed by atoms with van der Waals surface area (Å²) in [6, 6.07) is 4.28. The van der Waals surface area contributed by atoms with Gasteiger partial charge in [0.15, 0.2) is 0 Å². The number of aromatic nitrogens is 1. The number of thiazole rings is 1. The number of nitrogens with zero attached hydrogens (tertiary/aromatic N) is 1. The summed E-state index contributed by atoms with van der Waals surface area (Å²) in [5, 5.41) is 4.95. The quantitative estimate of drug-likeness (QED) is 0.884. The molecule has 2 rings (SSSR count). The molecule has 0 aliphatic rings. The smallest absolute Gasteiger partial charge is 0.405 e. The maximum absolute atomic E-state index is 12.1. The molecule has 0 fully saturated rings. The van der Waals surface area contributed by atoms with E-state index in [1.807, 2.05) is 5.38 Å². The van der Waals surface area contributed by atoms with Crippen LogP contribution < -0.4 is 10.1 Å². The molecule has 0 saturated carbocycles. The van der Waals surface area contributed by atoms with E-state index in [0.29, 0.717) is 12.2 Å². The van der Waals surface area contributed by atoms with Gasteiger partial charge < -0.3 is 10.1 Å². The van der Waals surface area contributed by atoms with Crippen LogP contribution in [0.5, 0.6) is 5.75 Å². The molecular weight excluding hydrogens is 345 g/mol. The van der Waals surface area contributed by atoms with Crippen LogP contribution in [0.3, 0.4) is 0 Å². The molecular formula is C11H8BrF3N2OS. The normalized spacial score (nSPS) is 11.4. The third-order valence-corrected chi connectivity index (χ3v) is 3.37. The van der Waals surface area contributed by atoms with Crippen LogP contribution in [0.15, 0.2) is 33.6 Å². The summed E-state index contributed by atoms with van der Waals surface area (Å²) in [5.41, 5.74) is 3.26. The predicted molar refractivity (Wildman–Crippen MR) is 70.3 cm³/mol. The van der Waals surface area contributed by atoms with Crippen LogP contribution in [-0.4, -0.2) is 11.3 Å². The number of rotatable bonds is 4. The SMILES string of the molecule is FC(F)(F)Oc1ccc(NCc2cscn2)cc1Br. The van der Waals surface area contributed by atoms with E-state index in [9.17, 15) is 13.2 Å². The van der Waals surface area contributed by atoms with Crippen molar-refractivity contribution < 1.29 is 17.9 Å². The van der Waals surface area contributed by atoms with Gasteiger partial charge in [-0.2, -0.15) is 0 Å². The van der Waals surface area contributed by atoms with Gasteiger partial charge in [-0.25, -0.2) is 4.98 Å². The second-order valence-electron chi connectivity index (χ2n) is 3.53. The molecule has 0 saturated heterocycles. The molecule has 1 aromatic heterocycles. The third kappa shape index (κ3) is 4.39. The summed E-state index contributed by atoms with van der Waals surface area (Å²) in [6.07, 6.45) is -4.70. The molecule has 0 atom stereocenters. The standard InChI is InChI=1S/C11H8BrF3N2OS/c12-9-3-7(16-4-8-5-19-6-17-8)1-2-10(9)18-11(13,14)15/h1-3,5-6,16H,4H2. The molecule has 102 valence electrons. The fraction of sp³-hybridized carbons (Fsp3) is 0.182. The Balaban J connectivity index is 2.02. The third-order valence-electron chi connectivity index (χ3n) is 2.11. The van der Waals surface area contributed by atoms with Gasteiger partial charge in [0.2, 0.25) is 0 Å². The highest BCUT2D eigenvalue weighted by molar-refractivity contribution is 9.10. The number of alkyl halides is 3. The molecule has 0 bridgehead atoms. The second-order valence-corrected chi connectivity index (χ2v) is 5.10. The Hall–Kier alpha value is -1.28. The average Bonchev–Trinajstić information content (AvgIpc) is 2.81. The molecule has 0 aliphatic heterocycles. The minimum Gasteiger partial charge on any atom is -0.405 e. The minimum absolute atomic E-state index is 0.230. The molecule has 0 unspecified atom stereocenters. The Morgan fingerprint density at radius 2 is 2.16 bits per heavy atom. The first-order valence-electron chi connectivity index (χ1n) is 5.10. The van der Waals surface area contributed by atoms with Crippen molar-refractivity contribution in [2.24, 2.45) is 0 Å². The van der Waals surface area contributed by atoms with Crippen LogP contribution in [0.25, 0.3) is 0 Å². The van der Waals surface area contributed by atoms with Gasteiger partial charge >= 0.3 is 6.36 Å². The minimum atomic E-state index is -4.70. The van der Waals surface area contributed by atoms with E-state index in [2.05, 4.69) is 31.0 Å². The molecule has 0 aliphatic carbocycles. The van der Waals surface area contributed by atoms with Gasteiger partial charge in [-0.05, 0) is 34.1 Å². The number of nitrogens with one attached hydrogen (secondary N) is 1. The number of benzene rings is 1. The van der Waals surface area contributed by atoms with E-state index in [1.54, 1.807) is 5.51 Å².